The van der Waals surface area contributed by atoms with Crippen molar-refractivity contribution >= 4 is 11.8 Å². The van der Waals surface area contributed by atoms with Crippen molar-refractivity contribution in [1.29, 1.82) is 0 Å². The molecule has 0 aromatic rings. The standard InChI is InChI=1S/C15H26N2O2/c1-12-5-8-16(9-6-12)14(18)10-15(19)17-7-3-4-13(2)11-17/h12-13H,3-11H2,1-2H3. The van der Waals surface area contributed by atoms with Gasteiger partial charge >= 0.3 is 0 Å². The predicted octanol–water partition coefficient (Wildman–Crippen LogP) is 1.89. The highest BCUT2D eigenvalue weighted by atomic mass is 16.2. The van der Waals surface area contributed by atoms with Gasteiger partial charge in [-0.1, -0.05) is 13.8 Å². The molecule has 2 fully saturated rings. The molecule has 1 unspecified atom stereocenters. The molecule has 4 nitrogen and oxygen atoms in total. The van der Waals surface area contributed by atoms with E-state index in [0.29, 0.717) is 11.8 Å². The van der Waals surface area contributed by atoms with Crippen LogP contribution in [-0.2, 0) is 9.59 Å². The van der Waals surface area contributed by atoms with Gasteiger partial charge in [0, 0.05) is 26.2 Å². The fraction of sp³-hybridized carbons (Fsp3) is 0.867. The van der Waals surface area contributed by atoms with Gasteiger partial charge in [0.1, 0.15) is 6.42 Å². The Kier molecular flexibility index (Phi) is 4.83. The molecule has 108 valence electrons. The van der Waals surface area contributed by atoms with Crippen molar-refractivity contribution in [3.05, 3.63) is 0 Å². The van der Waals surface area contributed by atoms with Crippen LogP contribution in [0.4, 0.5) is 0 Å². The number of piperidine rings is 2. The van der Waals surface area contributed by atoms with Gasteiger partial charge in [0.05, 0.1) is 0 Å². The maximum atomic E-state index is 12.1. The van der Waals surface area contributed by atoms with E-state index < -0.39 is 0 Å². The van der Waals surface area contributed by atoms with Crippen LogP contribution < -0.4 is 0 Å². The van der Waals surface area contributed by atoms with Crippen molar-refractivity contribution in [2.45, 2.75) is 46.0 Å². The van der Waals surface area contributed by atoms with E-state index in [-0.39, 0.29) is 18.2 Å². The minimum Gasteiger partial charge on any atom is -0.342 e. The molecule has 2 heterocycles. The number of nitrogens with zero attached hydrogens (tertiary/aromatic N) is 2. The number of rotatable bonds is 2. The highest BCUT2D eigenvalue weighted by Crippen LogP contribution is 2.19. The third kappa shape index (κ3) is 3.95. The molecule has 0 spiro atoms. The topological polar surface area (TPSA) is 40.6 Å². The Bertz CT molecular complexity index is 335. The number of carbonyl (C=O) groups is 2. The minimum atomic E-state index is 0.0233. The molecule has 0 aromatic heterocycles. The Morgan fingerprint density at radius 2 is 1.53 bits per heavy atom. The van der Waals surface area contributed by atoms with Gasteiger partial charge in [0.25, 0.3) is 0 Å². The van der Waals surface area contributed by atoms with Gasteiger partial charge in [-0.3, -0.25) is 9.59 Å². The highest BCUT2D eigenvalue weighted by Gasteiger charge is 2.26. The summed E-state index contributed by atoms with van der Waals surface area (Å²) >= 11 is 0. The van der Waals surface area contributed by atoms with Crippen LogP contribution in [0.3, 0.4) is 0 Å². The lowest BCUT2D eigenvalue weighted by Crippen LogP contribution is -2.44. The van der Waals surface area contributed by atoms with Gasteiger partial charge in [-0.15, -0.1) is 0 Å². The lowest BCUT2D eigenvalue weighted by atomic mass is 9.98. The first-order chi connectivity index (χ1) is 9.06. The fourth-order valence-corrected chi connectivity index (χ4v) is 3.03. The zero-order valence-corrected chi connectivity index (χ0v) is 12.2. The molecule has 19 heavy (non-hydrogen) atoms. The molecule has 0 aromatic carbocycles. The van der Waals surface area contributed by atoms with Gasteiger partial charge in [0.2, 0.25) is 11.8 Å². The molecule has 2 amide bonds. The van der Waals surface area contributed by atoms with E-state index in [1.165, 1.54) is 6.42 Å². The largest absolute Gasteiger partial charge is 0.342 e. The molecule has 0 bridgehead atoms. The third-order valence-electron chi connectivity index (χ3n) is 4.45. The first-order valence-corrected chi connectivity index (χ1v) is 7.62. The van der Waals surface area contributed by atoms with Crippen LogP contribution in [-0.4, -0.2) is 47.8 Å². The van der Waals surface area contributed by atoms with Crippen molar-refractivity contribution in [1.82, 2.24) is 9.80 Å². The summed E-state index contributed by atoms with van der Waals surface area (Å²) in [6.07, 6.45) is 4.48. The summed E-state index contributed by atoms with van der Waals surface area (Å²) in [7, 11) is 0. The first-order valence-electron chi connectivity index (χ1n) is 7.62. The molecule has 4 heteroatoms. The fourth-order valence-electron chi connectivity index (χ4n) is 3.03. The van der Waals surface area contributed by atoms with Crippen molar-refractivity contribution in [3.8, 4) is 0 Å². The van der Waals surface area contributed by atoms with Gasteiger partial charge in [0.15, 0.2) is 0 Å². The smallest absolute Gasteiger partial charge is 0.232 e. The second kappa shape index (κ2) is 6.40. The van der Waals surface area contributed by atoms with Crippen molar-refractivity contribution in [2.75, 3.05) is 26.2 Å². The summed E-state index contributed by atoms with van der Waals surface area (Å²) in [6.45, 7) is 7.69. The molecule has 0 saturated carbocycles. The molecule has 2 saturated heterocycles. The predicted molar refractivity (Wildman–Crippen MR) is 74.6 cm³/mol. The maximum absolute atomic E-state index is 12.1. The molecular formula is C15H26N2O2. The van der Waals surface area contributed by atoms with Crippen molar-refractivity contribution in [2.24, 2.45) is 11.8 Å². The Hall–Kier alpha value is -1.06. The van der Waals surface area contributed by atoms with E-state index in [1.54, 1.807) is 0 Å². The first kappa shape index (κ1) is 14.4. The Balaban J connectivity index is 1.79. The lowest BCUT2D eigenvalue weighted by Gasteiger charge is -2.33. The van der Waals surface area contributed by atoms with Crippen LogP contribution in [0, 0.1) is 11.8 Å². The van der Waals surface area contributed by atoms with Gasteiger partial charge < -0.3 is 9.80 Å². The van der Waals surface area contributed by atoms with Gasteiger partial charge in [-0.05, 0) is 37.5 Å². The quantitative estimate of drug-likeness (QED) is 0.716. The molecule has 2 aliphatic rings. The van der Waals surface area contributed by atoms with E-state index in [1.807, 2.05) is 9.80 Å². The maximum Gasteiger partial charge on any atom is 0.232 e. The van der Waals surface area contributed by atoms with Crippen LogP contribution in [0.2, 0.25) is 0 Å². The third-order valence-corrected chi connectivity index (χ3v) is 4.45. The normalized spacial score (nSPS) is 25.5. The van der Waals surface area contributed by atoms with Crippen LogP contribution in [0.1, 0.15) is 46.0 Å². The average Bonchev–Trinajstić information content (AvgIpc) is 2.39. The second-order valence-electron chi connectivity index (χ2n) is 6.33. The Morgan fingerprint density at radius 1 is 0.895 bits per heavy atom. The number of hydrogen-bond donors (Lipinski definition) is 0. The summed E-state index contributed by atoms with van der Waals surface area (Å²) in [5.41, 5.74) is 0. The Morgan fingerprint density at radius 3 is 2.16 bits per heavy atom. The summed E-state index contributed by atoms with van der Waals surface area (Å²) in [5.74, 6) is 1.33. The highest BCUT2D eigenvalue weighted by molar-refractivity contribution is 5.97. The molecular weight excluding hydrogens is 240 g/mol. The molecule has 1 atom stereocenters. The zero-order chi connectivity index (χ0) is 13.8. The zero-order valence-electron chi connectivity index (χ0n) is 12.2. The van der Waals surface area contributed by atoms with Crippen LogP contribution >= 0.6 is 0 Å². The summed E-state index contributed by atoms with van der Waals surface area (Å²) < 4.78 is 0. The minimum absolute atomic E-state index is 0.0233. The van der Waals surface area contributed by atoms with E-state index in [4.69, 9.17) is 0 Å². The molecule has 0 N–H and O–H groups in total. The molecule has 0 radical (unpaired) electrons. The number of amides is 2. The molecule has 0 aliphatic carbocycles. The summed E-state index contributed by atoms with van der Waals surface area (Å²) in [4.78, 5) is 28.0. The molecule has 2 rings (SSSR count). The van der Waals surface area contributed by atoms with Crippen molar-refractivity contribution in [3.63, 3.8) is 0 Å². The SMILES string of the molecule is CC1CCN(C(=O)CC(=O)N2CCCC(C)C2)CC1. The number of likely N-dealkylation sites (tertiary alicyclic amines) is 2. The second-order valence-corrected chi connectivity index (χ2v) is 6.33. The van der Waals surface area contributed by atoms with E-state index in [2.05, 4.69) is 13.8 Å². The average molecular weight is 266 g/mol. The van der Waals surface area contributed by atoms with Gasteiger partial charge in [-0.2, -0.15) is 0 Å². The van der Waals surface area contributed by atoms with Gasteiger partial charge in [-0.25, -0.2) is 0 Å². The monoisotopic (exact) mass is 266 g/mol. The van der Waals surface area contributed by atoms with E-state index in [9.17, 15) is 9.59 Å². The van der Waals surface area contributed by atoms with Crippen LogP contribution in [0.15, 0.2) is 0 Å². The van der Waals surface area contributed by atoms with Crippen LogP contribution in [0.5, 0.6) is 0 Å². The lowest BCUT2D eigenvalue weighted by molar-refractivity contribution is -0.142. The summed E-state index contributed by atoms with van der Waals surface area (Å²) in [5, 5.41) is 0. The summed E-state index contributed by atoms with van der Waals surface area (Å²) in [6, 6.07) is 0. The number of carbonyl (C=O) groups excluding carboxylic acids is 2. The van der Waals surface area contributed by atoms with Crippen LogP contribution in [0.25, 0.3) is 0 Å². The van der Waals surface area contributed by atoms with E-state index in [0.717, 1.165) is 45.4 Å². The van der Waals surface area contributed by atoms with Crippen molar-refractivity contribution < 1.29 is 9.59 Å². The Labute approximate surface area is 116 Å². The number of hydrogen-bond acceptors (Lipinski definition) is 2. The van der Waals surface area contributed by atoms with E-state index >= 15 is 0 Å². The molecule has 2 aliphatic heterocycles.